The molecule has 0 bridgehead atoms. The largest absolute Gasteiger partial charge is 0.497 e. The zero-order valence-corrected chi connectivity index (χ0v) is 18.0. The Bertz CT molecular complexity index is 1140. The van der Waals surface area contributed by atoms with Gasteiger partial charge in [-0.25, -0.2) is 0 Å². The van der Waals surface area contributed by atoms with Crippen molar-refractivity contribution >= 4 is 11.8 Å². The first-order valence-corrected chi connectivity index (χ1v) is 11.1. The van der Waals surface area contributed by atoms with Crippen LogP contribution in [0.5, 0.6) is 5.75 Å². The molecule has 5 rings (SSSR count). The highest BCUT2D eigenvalue weighted by Gasteiger charge is 2.72. The van der Waals surface area contributed by atoms with Crippen molar-refractivity contribution in [3.8, 4) is 5.75 Å². The molecule has 1 aliphatic heterocycles. The van der Waals surface area contributed by atoms with Gasteiger partial charge >= 0.3 is 0 Å². The lowest BCUT2D eigenvalue weighted by Gasteiger charge is -2.26. The molecule has 0 N–H and O–H groups in total. The Balaban J connectivity index is 1.79. The van der Waals surface area contributed by atoms with E-state index in [1.807, 2.05) is 11.8 Å². The molecule has 0 unspecified atom stereocenters. The number of thioether (sulfide) groups is 1. The Morgan fingerprint density at radius 2 is 0.933 bits per heavy atom. The van der Waals surface area contributed by atoms with Gasteiger partial charge in [0.05, 0.1) is 16.6 Å². The highest BCUT2D eigenvalue weighted by molar-refractivity contribution is 8.09. The molecule has 0 radical (unpaired) electrons. The van der Waals surface area contributed by atoms with Gasteiger partial charge in [-0.15, -0.1) is 11.8 Å². The molecular formula is C28H24OS. The number of benzene rings is 4. The number of rotatable bonds is 5. The van der Waals surface area contributed by atoms with Crippen LogP contribution >= 0.6 is 11.8 Å². The van der Waals surface area contributed by atoms with E-state index in [0.717, 1.165) is 5.75 Å². The molecule has 0 spiro atoms. The Morgan fingerprint density at radius 3 is 1.37 bits per heavy atom. The van der Waals surface area contributed by atoms with E-state index >= 15 is 0 Å². The van der Waals surface area contributed by atoms with Crippen LogP contribution in [0.3, 0.4) is 0 Å². The zero-order chi connectivity index (χ0) is 20.6. The van der Waals surface area contributed by atoms with E-state index < -0.39 is 0 Å². The Morgan fingerprint density at radius 1 is 0.533 bits per heavy atom. The van der Waals surface area contributed by atoms with Crippen LogP contribution in [-0.2, 0) is 9.49 Å². The summed E-state index contributed by atoms with van der Waals surface area (Å²) in [6, 6.07) is 39.4. The summed E-state index contributed by atoms with van der Waals surface area (Å²) in [6.45, 7) is 2.15. The minimum Gasteiger partial charge on any atom is -0.497 e. The Hall–Kier alpha value is -2.97. The molecule has 0 saturated carbocycles. The van der Waals surface area contributed by atoms with Crippen molar-refractivity contribution in [1.82, 2.24) is 0 Å². The number of methoxy groups -OCH3 is 1. The van der Waals surface area contributed by atoms with Crippen LogP contribution in [0.15, 0.2) is 109 Å². The maximum Gasteiger partial charge on any atom is 0.118 e. The van der Waals surface area contributed by atoms with Crippen molar-refractivity contribution in [2.24, 2.45) is 0 Å². The number of hydrogen-bond acceptors (Lipinski definition) is 2. The molecule has 30 heavy (non-hydrogen) atoms. The van der Waals surface area contributed by atoms with Crippen molar-refractivity contribution in [1.29, 1.82) is 0 Å². The molecule has 0 aliphatic carbocycles. The first-order valence-electron chi connectivity index (χ1n) is 10.2. The second-order valence-corrected chi connectivity index (χ2v) is 9.22. The van der Waals surface area contributed by atoms with Gasteiger partial charge < -0.3 is 4.74 Å². The van der Waals surface area contributed by atoms with Crippen molar-refractivity contribution in [3.63, 3.8) is 0 Å². The normalized spacial score (nSPS) is 22.5. The van der Waals surface area contributed by atoms with Gasteiger partial charge in [0.1, 0.15) is 5.75 Å². The lowest BCUT2D eigenvalue weighted by Crippen LogP contribution is -2.25. The molecule has 1 aliphatic rings. The number of ether oxygens (including phenoxy) is 1. The summed E-state index contributed by atoms with van der Waals surface area (Å²) >= 11 is 2.02. The van der Waals surface area contributed by atoms with E-state index in [2.05, 4.69) is 116 Å². The molecule has 2 heteroatoms. The fourth-order valence-corrected chi connectivity index (χ4v) is 6.44. The molecular weight excluding hydrogens is 384 g/mol. The van der Waals surface area contributed by atoms with Gasteiger partial charge in [-0.05, 0) is 41.3 Å². The van der Waals surface area contributed by atoms with Crippen molar-refractivity contribution in [2.45, 2.75) is 16.4 Å². The van der Waals surface area contributed by atoms with E-state index in [1.165, 1.54) is 27.8 Å². The van der Waals surface area contributed by atoms with Crippen LogP contribution < -0.4 is 4.74 Å². The third kappa shape index (κ3) is 2.79. The SMILES string of the molecule is COc1ccc([C@@]2(c3ccccc3)S[C@@]2(c2ccccc2)c2ccc(C)cc2)cc1. The van der Waals surface area contributed by atoms with Crippen LogP contribution in [0, 0.1) is 6.92 Å². The van der Waals surface area contributed by atoms with Gasteiger partial charge in [0.15, 0.2) is 0 Å². The molecule has 1 fully saturated rings. The lowest BCUT2D eigenvalue weighted by molar-refractivity contribution is 0.414. The summed E-state index contributed by atoms with van der Waals surface area (Å²) in [6.07, 6.45) is 0. The van der Waals surface area contributed by atoms with Crippen LogP contribution in [0.1, 0.15) is 27.8 Å². The summed E-state index contributed by atoms with van der Waals surface area (Å²) in [5.74, 6) is 0.883. The predicted molar refractivity (Wildman–Crippen MR) is 126 cm³/mol. The smallest absolute Gasteiger partial charge is 0.118 e. The van der Waals surface area contributed by atoms with Crippen LogP contribution in [0.4, 0.5) is 0 Å². The van der Waals surface area contributed by atoms with Gasteiger partial charge in [0.2, 0.25) is 0 Å². The van der Waals surface area contributed by atoms with Crippen molar-refractivity contribution in [2.75, 3.05) is 7.11 Å². The highest BCUT2D eigenvalue weighted by atomic mass is 32.2. The average Bonchev–Trinajstić information content (AvgIpc) is 3.53. The van der Waals surface area contributed by atoms with E-state index in [0.29, 0.717) is 0 Å². The topological polar surface area (TPSA) is 9.23 Å². The summed E-state index contributed by atoms with van der Waals surface area (Å²) in [5.41, 5.74) is 6.57. The summed E-state index contributed by atoms with van der Waals surface area (Å²) < 4.78 is 5.06. The number of aryl methyl sites for hydroxylation is 1. The van der Waals surface area contributed by atoms with E-state index in [-0.39, 0.29) is 9.49 Å². The number of hydrogen-bond donors (Lipinski definition) is 0. The minimum absolute atomic E-state index is 0.183. The predicted octanol–water partition coefficient (Wildman–Crippen LogP) is 6.94. The van der Waals surface area contributed by atoms with Gasteiger partial charge in [-0.3, -0.25) is 0 Å². The van der Waals surface area contributed by atoms with E-state index in [9.17, 15) is 0 Å². The quantitative estimate of drug-likeness (QED) is 0.331. The Kier molecular flexibility index (Phi) is 4.67. The first kappa shape index (κ1) is 19.0. The molecule has 1 saturated heterocycles. The zero-order valence-electron chi connectivity index (χ0n) is 17.2. The molecule has 1 heterocycles. The average molecular weight is 409 g/mol. The Labute approximate surface area is 182 Å². The maximum absolute atomic E-state index is 5.44. The second kappa shape index (κ2) is 7.37. The summed E-state index contributed by atoms with van der Waals surface area (Å²) in [7, 11) is 1.72. The standard InChI is InChI=1S/C28H24OS/c1-21-13-15-24(16-14-21)27(22-9-5-3-6-10-22)28(30-27,23-11-7-4-8-12-23)25-17-19-26(29-2)20-18-25/h3-20H,1-2H3/t27-,28+/m0/s1. The van der Waals surface area contributed by atoms with Crippen LogP contribution in [-0.4, -0.2) is 7.11 Å². The van der Waals surface area contributed by atoms with Crippen molar-refractivity contribution < 1.29 is 4.74 Å². The van der Waals surface area contributed by atoms with E-state index in [4.69, 9.17) is 4.74 Å². The monoisotopic (exact) mass is 408 g/mol. The third-order valence-electron chi connectivity index (χ3n) is 6.08. The van der Waals surface area contributed by atoms with Gasteiger partial charge in [-0.1, -0.05) is 103 Å². The molecule has 2 atom stereocenters. The fourth-order valence-electron chi connectivity index (χ4n) is 4.55. The summed E-state index contributed by atoms with van der Waals surface area (Å²) in [5, 5.41) is 0. The molecule has 4 aromatic carbocycles. The molecule has 4 aromatic rings. The van der Waals surface area contributed by atoms with Crippen LogP contribution in [0.2, 0.25) is 0 Å². The van der Waals surface area contributed by atoms with E-state index in [1.54, 1.807) is 7.11 Å². The summed E-state index contributed by atoms with van der Waals surface area (Å²) in [4.78, 5) is 0. The van der Waals surface area contributed by atoms with Gasteiger partial charge in [0, 0.05) is 0 Å². The fraction of sp³-hybridized carbons (Fsp3) is 0.143. The van der Waals surface area contributed by atoms with Crippen LogP contribution in [0.25, 0.3) is 0 Å². The molecule has 0 amide bonds. The first-order chi connectivity index (χ1) is 14.7. The van der Waals surface area contributed by atoms with Gasteiger partial charge in [0.25, 0.3) is 0 Å². The third-order valence-corrected chi connectivity index (χ3v) is 8.04. The minimum atomic E-state index is -0.197. The highest BCUT2D eigenvalue weighted by Crippen LogP contribution is 2.80. The van der Waals surface area contributed by atoms with Gasteiger partial charge in [-0.2, -0.15) is 0 Å². The van der Waals surface area contributed by atoms with Crippen molar-refractivity contribution in [3.05, 3.63) is 137 Å². The molecule has 1 nitrogen and oxygen atoms in total. The maximum atomic E-state index is 5.44. The lowest BCUT2D eigenvalue weighted by atomic mass is 9.73. The second-order valence-electron chi connectivity index (χ2n) is 7.79. The molecule has 148 valence electrons. The molecule has 0 aromatic heterocycles.